The fourth-order valence-corrected chi connectivity index (χ4v) is 6.03. The molecule has 2 N–H and O–H groups in total. The van der Waals surface area contributed by atoms with Gasteiger partial charge in [-0.3, -0.25) is 19.4 Å². The predicted molar refractivity (Wildman–Crippen MR) is 114 cm³/mol. The number of hydrogen-bond acceptors (Lipinski definition) is 7. The van der Waals surface area contributed by atoms with Gasteiger partial charge in [0, 0.05) is 31.9 Å². The average molecular weight is 493 g/mol. The summed E-state index contributed by atoms with van der Waals surface area (Å²) in [5.41, 5.74) is -0.375. The van der Waals surface area contributed by atoms with Gasteiger partial charge in [0.15, 0.2) is 9.84 Å². The Hall–Kier alpha value is -2.38. The zero-order chi connectivity index (χ0) is 24.3. The Morgan fingerprint density at radius 3 is 2.06 bits per heavy atom. The first-order valence-corrected chi connectivity index (χ1v) is 12.2. The Kier molecular flexibility index (Phi) is 7.54. The Bertz CT molecular complexity index is 963. The third-order valence-electron chi connectivity index (χ3n) is 5.52. The summed E-state index contributed by atoms with van der Waals surface area (Å²) in [6, 6.07) is 4.89. The quantitative estimate of drug-likeness (QED) is 0.581. The van der Waals surface area contributed by atoms with Gasteiger partial charge in [-0.25, -0.2) is 8.42 Å². The minimum atomic E-state index is -4.78. The lowest BCUT2D eigenvalue weighted by atomic mass is 10.0. The molecule has 3 rings (SSSR count). The van der Waals surface area contributed by atoms with Crippen LogP contribution in [0.15, 0.2) is 24.3 Å². The van der Waals surface area contributed by atoms with Crippen molar-refractivity contribution in [1.29, 1.82) is 0 Å². The monoisotopic (exact) mass is 492 g/mol. The maximum atomic E-state index is 12.3. The molecule has 2 amide bonds. The molecule has 184 valence electrons. The number of alkyl halides is 3. The van der Waals surface area contributed by atoms with Gasteiger partial charge < -0.3 is 15.4 Å². The number of ether oxygens (including phenoxy) is 1. The van der Waals surface area contributed by atoms with Crippen LogP contribution in [0, 0.1) is 0 Å². The van der Waals surface area contributed by atoms with E-state index in [0.29, 0.717) is 38.3 Å². The number of halogens is 3. The van der Waals surface area contributed by atoms with Gasteiger partial charge in [0.1, 0.15) is 5.75 Å². The molecule has 0 saturated carbocycles. The minimum Gasteiger partial charge on any atom is -0.406 e. The van der Waals surface area contributed by atoms with Crippen molar-refractivity contribution in [2.75, 3.05) is 56.1 Å². The SMILES string of the molecule is C[C@@]1(NC(=O)CN2CCN(CC(=O)Nc3ccc(OC(F)(F)F)cc3)CC2)CCS(=O)(=O)C1. The normalized spacial score (nSPS) is 23.8. The van der Waals surface area contributed by atoms with Crippen molar-refractivity contribution in [3.05, 3.63) is 24.3 Å². The van der Waals surface area contributed by atoms with Crippen molar-refractivity contribution in [3.8, 4) is 5.75 Å². The van der Waals surface area contributed by atoms with E-state index >= 15 is 0 Å². The highest BCUT2D eigenvalue weighted by Gasteiger charge is 2.39. The van der Waals surface area contributed by atoms with Crippen LogP contribution in [0.25, 0.3) is 0 Å². The van der Waals surface area contributed by atoms with Crippen LogP contribution in [0.1, 0.15) is 13.3 Å². The number of nitrogens with one attached hydrogen (secondary N) is 2. The smallest absolute Gasteiger partial charge is 0.406 e. The maximum absolute atomic E-state index is 12.3. The molecule has 2 aliphatic heterocycles. The summed E-state index contributed by atoms with van der Waals surface area (Å²) in [7, 11) is -3.11. The van der Waals surface area contributed by atoms with E-state index in [2.05, 4.69) is 15.4 Å². The molecule has 1 aromatic carbocycles. The van der Waals surface area contributed by atoms with Gasteiger partial charge in [-0.05, 0) is 37.6 Å². The summed E-state index contributed by atoms with van der Waals surface area (Å²) >= 11 is 0. The van der Waals surface area contributed by atoms with Crippen LogP contribution >= 0.6 is 0 Å². The van der Waals surface area contributed by atoms with E-state index in [4.69, 9.17) is 0 Å². The number of rotatable bonds is 7. The molecule has 9 nitrogen and oxygen atoms in total. The molecule has 2 aliphatic rings. The molecule has 2 heterocycles. The standard InChI is InChI=1S/C20H27F3N4O5S/c1-19(6-11-33(30,31)14-19)25-18(29)13-27-9-7-26(8-10-27)12-17(28)24-15-2-4-16(5-3-15)32-20(21,22)23/h2-5H,6-14H2,1H3,(H,24,28)(H,25,29)/t19-/m1/s1. The van der Waals surface area contributed by atoms with Crippen molar-refractivity contribution >= 4 is 27.3 Å². The molecule has 0 unspecified atom stereocenters. The fourth-order valence-electron chi connectivity index (χ4n) is 3.94. The maximum Gasteiger partial charge on any atom is 0.573 e. The van der Waals surface area contributed by atoms with Crippen molar-refractivity contribution in [2.45, 2.75) is 25.2 Å². The average Bonchev–Trinajstić information content (AvgIpc) is 2.96. The third kappa shape index (κ3) is 8.16. The first kappa shape index (κ1) is 25.2. The van der Waals surface area contributed by atoms with E-state index in [1.165, 1.54) is 12.1 Å². The van der Waals surface area contributed by atoms with Crippen molar-refractivity contribution < 1.29 is 35.9 Å². The number of piperazine rings is 1. The van der Waals surface area contributed by atoms with Crippen LogP contribution in [0.5, 0.6) is 5.75 Å². The lowest BCUT2D eigenvalue weighted by Gasteiger charge is -2.34. The molecule has 33 heavy (non-hydrogen) atoms. The van der Waals surface area contributed by atoms with E-state index in [-0.39, 0.29) is 42.2 Å². The lowest BCUT2D eigenvalue weighted by molar-refractivity contribution is -0.274. The molecule has 0 bridgehead atoms. The van der Waals surface area contributed by atoms with E-state index in [1.807, 2.05) is 9.80 Å². The molecule has 0 aromatic heterocycles. The summed E-state index contributed by atoms with van der Waals surface area (Å²) < 4.78 is 63.7. The van der Waals surface area contributed by atoms with Gasteiger partial charge >= 0.3 is 6.36 Å². The lowest BCUT2D eigenvalue weighted by Crippen LogP contribution is -2.54. The van der Waals surface area contributed by atoms with Crippen molar-refractivity contribution in [1.82, 2.24) is 15.1 Å². The number of benzene rings is 1. The van der Waals surface area contributed by atoms with Crippen LogP contribution in [0.4, 0.5) is 18.9 Å². The first-order valence-electron chi connectivity index (χ1n) is 10.4. The predicted octanol–water partition coefficient (Wildman–Crippen LogP) is 0.835. The second-order valence-electron chi connectivity index (χ2n) is 8.62. The van der Waals surface area contributed by atoms with Crippen LogP contribution in [0.3, 0.4) is 0 Å². The number of sulfone groups is 1. The van der Waals surface area contributed by atoms with Crippen LogP contribution in [0.2, 0.25) is 0 Å². The highest BCUT2D eigenvalue weighted by Crippen LogP contribution is 2.24. The highest BCUT2D eigenvalue weighted by molar-refractivity contribution is 7.91. The molecule has 0 aliphatic carbocycles. The Labute approximate surface area is 190 Å². The number of nitrogens with zero attached hydrogens (tertiary/aromatic N) is 2. The minimum absolute atomic E-state index is 0.0489. The van der Waals surface area contributed by atoms with Gasteiger partial charge in [0.25, 0.3) is 0 Å². The number of amides is 2. The van der Waals surface area contributed by atoms with Crippen LogP contribution in [-0.4, -0.2) is 92.7 Å². The Morgan fingerprint density at radius 2 is 1.58 bits per heavy atom. The second-order valence-corrected chi connectivity index (χ2v) is 10.8. The first-order chi connectivity index (χ1) is 15.3. The molecule has 2 fully saturated rings. The van der Waals surface area contributed by atoms with E-state index in [9.17, 15) is 31.2 Å². The molecule has 0 radical (unpaired) electrons. The third-order valence-corrected chi connectivity index (χ3v) is 7.42. The topological polar surface area (TPSA) is 108 Å². The van der Waals surface area contributed by atoms with E-state index < -0.39 is 21.7 Å². The number of carbonyl (C=O) groups excluding carboxylic acids is 2. The van der Waals surface area contributed by atoms with E-state index in [1.54, 1.807) is 6.92 Å². The number of anilines is 1. The number of hydrogen-bond donors (Lipinski definition) is 2. The Morgan fingerprint density at radius 1 is 1.03 bits per heavy atom. The van der Waals surface area contributed by atoms with Gasteiger partial charge in [0.05, 0.1) is 30.1 Å². The molecular weight excluding hydrogens is 465 g/mol. The number of carbonyl (C=O) groups is 2. The van der Waals surface area contributed by atoms with Gasteiger partial charge in [0.2, 0.25) is 11.8 Å². The van der Waals surface area contributed by atoms with Gasteiger partial charge in [-0.15, -0.1) is 13.2 Å². The summed E-state index contributed by atoms with van der Waals surface area (Å²) in [4.78, 5) is 28.4. The molecule has 1 atom stereocenters. The molecule has 13 heteroatoms. The van der Waals surface area contributed by atoms with Crippen LogP contribution in [-0.2, 0) is 19.4 Å². The van der Waals surface area contributed by atoms with Crippen molar-refractivity contribution in [2.24, 2.45) is 0 Å². The molecule has 0 spiro atoms. The zero-order valence-corrected chi connectivity index (χ0v) is 19.0. The van der Waals surface area contributed by atoms with Gasteiger partial charge in [-0.1, -0.05) is 0 Å². The summed E-state index contributed by atoms with van der Waals surface area (Å²) in [6.45, 7) is 4.26. The van der Waals surface area contributed by atoms with Crippen LogP contribution < -0.4 is 15.4 Å². The second kappa shape index (κ2) is 9.85. The van der Waals surface area contributed by atoms with E-state index in [0.717, 1.165) is 12.1 Å². The summed E-state index contributed by atoms with van der Waals surface area (Å²) in [5, 5.41) is 5.47. The molecule has 2 saturated heterocycles. The summed E-state index contributed by atoms with van der Waals surface area (Å²) in [6.07, 6.45) is -4.37. The largest absolute Gasteiger partial charge is 0.573 e. The fraction of sp³-hybridized carbons (Fsp3) is 0.600. The van der Waals surface area contributed by atoms with Crippen molar-refractivity contribution in [3.63, 3.8) is 0 Å². The highest BCUT2D eigenvalue weighted by atomic mass is 32.2. The molecule has 1 aromatic rings. The zero-order valence-electron chi connectivity index (χ0n) is 18.2. The molecular formula is C20H27F3N4O5S. The Balaban J connectivity index is 1.37. The summed E-state index contributed by atoms with van der Waals surface area (Å²) in [5.74, 6) is -0.869. The van der Waals surface area contributed by atoms with Gasteiger partial charge in [-0.2, -0.15) is 0 Å².